The molecule has 2 aromatic rings. The Bertz CT molecular complexity index is 686. The molecule has 1 saturated heterocycles. The quantitative estimate of drug-likeness (QED) is 0.904. The summed E-state index contributed by atoms with van der Waals surface area (Å²) in [5, 5.41) is 4.10. The number of aromatic nitrogens is 2. The van der Waals surface area contributed by atoms with Crippen LogP contribution in [0.2, 0.25) is 0 Å². The largest absolute Gasteiger partial charge is 0.315 e. The molecule has 1 atom stereocenters. The number of nitrogens with one attached hydrogen (secondary N) is 1. The van der Waals surface area contributed by atoms with E-state index in [1.807, 2.05) is 31.3 Å². The van der Waals surface area contributed by atoms with Crippen LogP contribution < -0.4 is 10.9 Å². The number of para-hydroxylation sites is 1. The summed E-state index contributed by atoms with van der Waals surface area (Å²) in [7, 11) is 1.82. The first-order valence-electron chi connectivity index (χ1n) is 7.59. The average molecular weight is 286 g/mol. The molecule has 0 saturated carbocycles. The molecule has 2 heterocycles. The van der Waals surface area contributed by atoms with Crippen molar-refractivity contribution in [3.05, 3.63) is 40.4 Å². The molecule has 5 nitrogen and oxygen atoms in total. The molecule has 21 heavy (non-hydrogen) atoms. The molecule has 1 N–H and O–H groups in total. The Labute approximate surface area is 124 Å². The molecule has 1 unspecified atom stereocenters. The minimum Gasteiger partial charge on any atom is -0.315 e. The average Bonchev–Trinajstić information content (AvgIpc) is 2.79. The molecule has 1 aliphatic heterocycles. The fraction of sp³-hybridized carbons (Fsp3) is 0.500. The number of rotatable bonds is 2. The summed E-state index contributed by atoms with van der Waals surface area (Å²) in [6, 6.07) is 7.71. The Balaban J connectivity index is 2.03. The number of benzene rings is 1. The topological polar surface area (TPSA) is 50.2 Å². The van der Waals surface area contributed by atoms with Crippen molar-refractivity contribution < 1.29 is 0 Å². The van der Waals surface area contributed by atoms with Crippen molar-refractivity contribution in [2.24, 2.45) is 7.05 Å². The second-order valence-corrected chi connectivity index (χ2v) is 5.67. The SMILES string of the molecule is CC(c1nc2ccccc2c(=O)n1C)N1CCCNCC1. The van der Waals surface area contributed by atoms with Gasteiger partial charge in [-0.2, -0.15) is 0 Å². The maximum Gasteiger partial charge on any atom is 0.261 e. The molecule has 1 fully saturated rings. The highest BCUT2D eigenvalue weighted by Gasteiger charge is 2.21. The van der Waals surface area contributed by atoms with E-state index < -0.39 is 0 Å². The van der Waals surface area contributed by atoms with E-state index in [0.717, 1.165) is 43.9 Å². The summed E-state index contributed by atoms with van der Waals surface area (Å²) < 4.78 is 1.70. The summed E-state index contributed by atoms with van der Waals surface area (Å²) in [4.78, 5) is 19.6. The van der Waals surface area contributed by atoms with Crippen LogP contribution in [-0.4, -0.2) is 40.6 Å². The van der Waals surface area contributed by atoms with Gasteiger partial charge in [-0.25, -0.2) is 4.98 Å². The molecule has 1 aromatic carbocycles. The highest BCUT2D eigenvalue weighted by Crippen LogP contribution is 2.19. The van der Waals surface area contributed by atoms with Gasteiger partial charge in [0.25, 0.3) is 5.56 Å². The predicted molar refractivity (Wildman–Crippen MR) is 84.5 cm³/mol. The highest BCUT2D eigenvalue weighted by atomic mass is 16.1. The molecule has 0 aliphatic carbocycles. The minimum atomic E-state index is 0.0374. The van der Waals surface area contributed by atoms with Gasteiger partial charge in [-0.05, 0) is 32.0 Å². The van der Waals surface area contributed by atoms with E-state index in [0.29, 0.717) is 5.39 Å². The number of hydrogen-bond donors (Lipinski definition) is 1. The van der Waals surface area contributed by atoms with Gasteiger partial charge in [0.2, 0.25) is 0 Å². The Kier molecular flexibility index (Phi) is 4.03. The molecule has 0 radical (unpaired) electrons. The maximum atomic E-state index is 12.5. The molecule has 3 rings (SSSR count). The van der Waals surface area contributed by atoms with Crippen LogP contribution in [-0.2, 0) is 7.05 Å². The van der Waals surface area contributed by atoms with Crippen molar-refractivity contribution in [1.29, 1.82) is 0 Å². The first-order chi connectivity index (χ1) is 10.2. The van der Waals surface area contributed by atoms with Gasteiger partial charge in [-0.1, -0.05) is 12.1 Å². The lowest BCUT2D eigenvalue weighted by Gasteiger charge is -2.28. The lowest BCUT2D eigenvalue weighted by atomic mass is 10.2. The van der Waals surface area contributed by atoms with Gasteiger partial charge >= 0.3 is 0 Å². The van der Waals surface area contributed by atoms with E-state index >= 15 is 0 Å². The summed E-state index contributed by atoms with van der Waals surface area (Å²) >= 11 is 0. The Morgan fingerprint density at radius 1 is 1.24 bits per heavy atom. The molecule has 0 bridgehead atoms. The molecule has 0 amide bonds. The van der Waals surface area contributed by atoms with Crippen molar-refractivity contribution in [2.75, 3.05) is 26.2 Å². The number of nitrogens with zero attached hydrogens (tertiary/aromatic N) is 3. The molecular formula is C16H22N4O. The molecule has 1 aromatic heterocycles. The number of fused-ring (bicyclic) bond motifs is 1. The van der Waals surface area contributed by atoms with E-state index in [1.165, 1.54) is 0 Å². The van der Waals surface area contributed by atoms with Gasteiger partial charge in [-0.15, -0.1) is 0 Å². The van der Waals surface area contributed by atoms with Crippen LogP contribution >= 0.6 is 0 Å². The fourth-order valence-corrected chi connectivity index (χ4v) is 3.03. The van der Waals surface area contributed by atoms with Crippen molar-refractivity contribution in [2.45, 2.75) is 19.4 Å². The van der Waals surface area contributed by atoms with Crippen LogP contribution in [0, 0.1) is 0 Å². The van der Waals surface area contributed by atoms with Gasteiger partial charge in [0.15, 0.2) is 0 Å². The molecule has 0 spiro atoms. The van der Waals surface area contributed by atoms with E-state index in [1.54, 1.807) is 4.57 Å². The summed E-state index contributed by atoms with van der Waals surface area (Å²) in [5.74, 6) is 0.848. The second kappa shape index (κ2) is 5.95. The van der Waals surface area contributed by atoms with Gasteiger partial charge in [0, 0.05) is 26.7 Å². The fourth-order valence-electron chi connectivity index (χ4n) is 3.03. The van der Waals surface area contributed by atoms with Crippen molar-refractivity contribution in [3.63, 3.8) is 0 Å². The zero-order valence-electron chi connectivity index (χ0n) is 12.7. The van der Waals surface area contributed by atoms with E-state index in [4.69, 9.17) is 4.98 Å². The van der Waals surface area contributed by atoms with Gasteiger partial charge in [0.1, 0.15) is 5.82 Å². The molecule has 112 valence electrons. The van der Waals surface area contributed by atoms with Crippen molar-refractivity contribution in [3.8, 4) is 0 Å². The third kappa shape index (κ3) is 2.71. The summed E-state index contributed by atoms with van der Waals surface area (Å²) in [6.45, 7) is 6.22. The van der Waals surface area contributed by atoms with Gasteiger partial charge in [-0.3, -0.25) is 14.3 Å². The van der Waals surface area contributed by atoms with Crippen LogP contribution in [0.25, 0.3) is 10.9 Å². The Morgan fingerprint density at radius 3 is 2.90 bits per heavy atom. The lowest BCUT2D eigenvalue weighted by molar-refractivity contribution is 0.213. The zero-order valence-corrected chi connectivity index (χ0v) is 12.7. The van der Waals surface area contributed by atoms with Crippen LogP contribution in [0.3, 0.4) is 0 Å². The highest BCUT2D eigenvalue weighted by molar-refractivity contribution is 5.77. The first kappa shape index (κ1) is 14.2. The molecule has 5 heteroatoms. The van der Waals surface area contributed by atoms with Crippen molar-refractivity contribution in [1.82, 2.24) is 19.8 Å². The van der Waals surface area contributed by atoms with E-state index in [-0.39, 0.29) is 11.6 Å². The Morgan fingerprint density at radius 2 is 2.05 bits per heavy atom. The van der Waals surface area contributed by atoms with Gasteiger partial charge in [0.05, 0.1) is 16.9 Å². The summed E-state index contributed by atoms with van der Waals surface area (Å²) in [6.07, 6.45) is 1.13. The lowest BCUT2D eigenvalue weighted by Crippen LogP contribution is -2.35. The van der Waals surface area contributed by atoms with Gasteiger partial charge < -0.3 is 5.32 Å². The van der Waals surface area contributed by atoms with E-state index in [2.05, 4.69) is 17.1 Å². The zero-order chi connectivity index (χ0) is 14.8. The van der Waals surface area contributed by atoms with Crippen LogP contribution in [0.15, 0.2) is 29.1 Å². The monoisotopic (exact) mass is 286 g/mol. The summed E-state index contributed by atoms with van der Waals surface area (Å²) in [5.41, 5.74) is 0.825. The maximum absolute atomic E-state index is 12.5. The third-order valence-corrected chi connectivity index (χ3v) is 4.31. The minimum absolute atomic E-state index is 0.0374. The van der Waals surface area contributed by atoms with E-state index in [9.17, 15) is 4.79 Å². The Hall–Kier alpha value is -1.72. The van der Waals surface area contributed by atoms with Crippen molar-refractivity contribution >= 4 is 10.9 Å². The molecular weight excluding hydrogens is 264 g/mol. The standard InChI is InChI=1S/C16H22N4O/c1-12(20-10-5-8-17-9-11-20)15-18-14-7-4-3-6-13(14)16(21)19(15)2/h3-4,6-7,12,17H,5,8-11H2,1-2H3. The van der Waals surface area contributed by atoms with Crippen LogP contribution in [0.5, 0.6) is 0 Å². The third-order valence-electron chi connectivity index (χ3n) is 4.31. The normalized spacial score (nSPS) is 18.6. The first-order valence-corrected chi connectivity index (χ1v) is 7.59. The second-order valence-electron chi connectivity index (χ2n) is 5.67. The molecule has 1 aliphatic rings. The smallest absolute Gasteiger partial charge is 0.261 e. The number of hydrogen-bond acceptors (Lipinski definition) is 4. The van der Waals surface area contributed by atoms with Crippen LogP contribution in [0.1, 0.15) is 25.2 Å². The van der Waals surface area contributed by atoms with Crippen LogP contribution in [0.4, 0.5) is 0 Å². The predicted octanol–water partition coefficient (Wildman–Crippen LogP) is 1.29.